The summed E-state index contributed by atoms with van der Waals surface area (Å²) in [7, 11) is 0. The Balaban J connectivity index is 0.000000119. The van der Waals surface area contributed by atoms with Gasteiger partial charge in [-0.1, -0.05) is 40.0 Å². The van der Waals surface area contributed by atoms with Crippen LogP contribution in [0.15, 0.2) is 0 Å². The summed E-state index contributed by atoms with van der Waals surface area (Å²) in [5.74, 6) is 5.69. The molecule has 0 spiro atoms. The predicted molar refractivity (Wildman–Crippen MR) is 109 cm³/mol. The smallest absolute Gasteiger partial charge is 0.0658 e. The van der Waals surface area contributed by atoms with Crippen molar-refractivity contribution in [2.24, 2.45) is 52.3 Å². The summed E-state index contributed by atoms with van der Waals surface area (Å²) in [6.07, 6.45) is 13.4. The fourth-order valence-electron chi connectivity index (χ4n) is 10.2. The summed E-state index contributed by atoms with van der Waals surface area (Å²) < 4.78 is 0. The Kier molecular flexibility index (Phi) is 4.18. The first-order chi connectivity index (χ1) is 12.7. The van der Waals surface area contributed by atoms with Gasteiger partial charge >= 0.3 is 0 Å². The van der Waals surface area contributed by atoms with Gasteiger partial charge in [-0.25, -0.2) is 0 Å². The second-order valence-electron chi connectivity index (χ2n) is 12.2. The van der Waals surface area contributed by atoms with E-state index in [0.29, 0.717) is 22.7 Å². The Morgan fingerprint density at radius 3 is 2.26 bits per heavy atom. The van der Waals surface area contributed by atoms with Crippen LogP contribution in [0.25, 0.3) is 0 Å². The van der Waals surface area contributed by atoms with Gasteiger partial charge in [-0.05, 0) is 104 Å². The van der Waals surface area contributed by atoms with E-state index in [0.717, 1.165) is 42.4 Å². The first-order valence-corrected chi connectivity index (χ1v) is 12.1. The summed E-state index contributed by atoms with van der Waals surface area (Å²) in [6, 6.07) is 0. The maximum Gasteiger partial charge on any atom is 0.0658 e. The molecule has 2 heteroatoms. The van der Waals surface area contributed by atoms with Crippen LogP contribution in [0, 0.1) is 52.3 Å². The van der Waals surface area contributed by atoms with Gasteiger partial charge < -0.3 is 10.2 Å². The molecule has 11 atom stereocenters. The molecule has 0 aromatic heterocycles. The van der Waals surface area contributed by atoms with Gasteiger partial charge in [0.25, 0.3) is 0 Å². The lowest BCUT2D eigenvalue weighted by atomic mass is 9.45. The fraction of sp³-hybridized carbons (Fsp3) is 1.00. The van der Waals surface area contributed by atoms with Crippen LogP contribution in [0.4, 0.5) is 0 Å². The number of hydrogen-bond donors (Lipinski definition) is 2. The van der Waals surface area contributed by atoms with E-state index in [-0.39, 0.29) is 11.7 Å². The van der Waals surface area contributed by atoms with Gasteiger partial charge in [-0.3, -0.25) is 0 Å². The molecule has 27 heavy (non-hydrogen) atoms. The van der Waals surface area contributed by atoms with E-state index in [2.05, 4.69) is 27.7 Å². The average Bonchev–Trinajstić information content (AvgIpc) is 3.17. The largest absolute Gasteiger partial charge is 0.393 e. The zero-order valence-corrected chi connectivity index (χ0v) is 18.1. The van der Waals surface area contributed by atoms with Crippen LogP contribution in [0.3, 0.4) is 0 Å². The molecule has 0 aliphatic heterocycles. The van der Waals surface area contributed by atoms with Crippen molar-refractivity contribution in [3.05, 3.63) is 0 Å². The monoisotopic (exact) mass is 374 g/mol. The van der Waals surface area contributed by atoms with E-state index in [1.165, 1.54) is 51.4 Å². The average molecular weight is 375 g/mol. The lowest BCUT2D eigenvalue weighted by Crippen LogP contribution is -2.57. The van der Waals surface area contributed by atoms with E-state index >= 15 is 0 Å². The summed E-state index contributed by atoms with van der Waals surface area (Å²) in [4.78, 5) is 0. The van der Waals surface area contributed by atoms with E-state index in [1.807, 2.05) is 0 Å². The highest BCUT2D eigenvalue weighted by atomic mass is 16.3. The summed E-state index contributed by atoms with van der Waals surface area (Å²) in [5, 5.41) is 20.4. The molecule has 6 aliphatic rings. The maximum absolute atomic E-state index is 10.5. The Bertz CT molecular complexity index is 599. The molecule has 11 unspecified atom stereocenters. The number of aliphatic hydroxyl groups excluding tert-OH is 1. The van der Waals surface area contributed by atoms with Gasteiger partial charge in [0.2, 0.25) is 0 Å². The van der Waals surface area contributed by atoms with E-state index in [1.54, 1.807) is 0 Å². The van der Waals surface area contributed by atoms with Gasteiger partial charge in [0.1, 0.15) is 0 Å². The van der Waals surface area contributed by atoms with Crippen LogP contribution in [0.2, 0.25) is 0 Å². The molecule has 6 aliphatic carbocycles. The van der Waals surface area contributed by atoms with Crippen molar-refractivity contribution in [3.8, 4) is 0 Å². The van der Waals surface area contributed by atoms with Gasteiger partial charge in [-0.15, -0.1) is 0 Å². The number of rotatable bonds is 0. The predicted octanol–water partition coefficient (Wildman–Crippen LogP) is 5.41. The second-order valence-corrected chi connectivity index (χ2v) is 12.2. The van der Waals surface area contributed by atoms with Gasteiger partial charge in [0.15, 0.2) is 0 Å². The molecule has 0 bridgehead atoms. The van der Waals surface area contributed by atoms with Crippen LogP contribution >= 0.6 is 0 Å². The van der Waals surface area contributed by atoms with E-state index in [9.17, 15) is 10.2 Å². The Labute approximate surface area is 166 Å². The lowest BCUT2D eigenvalue weighted by molar-refractivity contribution is -0.155. The Hall–Kier alpha value is -0.0800. The molecule has 2 nitrogen and oxygen atoms in total. The molecular formula is C25H42O2. The van der Waals surface area contributed by atoms with Gasteiger partial charge in [-0.2, -0.15) is 0 Å². The first kappa shape index (κ1) is 18.9. The Morgan fingerprint density at radius 1 is 0.815 bits per heavy atom. The van der Waals surface area contributed by atoms with Crippen molar-refractivity contribution in [1.29, 1.82) is 0 Å². The highest BCUT2D eigenvalue weighted by Crippen LogP contribution is 2.74. The molecule has 0 heterocycles. The molecule has 0 aromatic carbocycles. The molecule has 6 fully saturated rings. The summed E-state index contributed by atoms with van der Waals surface area (Å²) in [6.45, 7) is 9.30. The third-order valence-corrected chi connectivity index (χ3v) is 11.2. The van der Waals surface area contributed by atoms with Crippen molar-refractivity contribution < 1.29 is 10.2 Å². The maximum atomic E-state index is 10.5. The van der Waals surface area contributed by atoms with Crippen molar-refractivity contribution in [2.75, 3.05) is 0 Å². The molecular weight excluding hydrogens is 332 g/mol. The number of fused-ring (bicyclic) bond motifs is 8. The van der Waals surface area contributed by atoms with Crippen molar-refractivity contribution >= 4 is 0 Å². The van der Waals surface area contributed by atoms with Gasteiger partial charge in [0, 0.05) is 0 Å². The number of hydrogen-bond acceptors (Lipinski definition) is 2. The standard InChI is InChI=1S/C13H22O.C12H20O/c1-8-7-12(2,14)11-9-5-4-6-10(9)13(8,11)3;1-12-7-6-10(13)11(12)8-4-2-3-5-9(8)12/h8-11,14H,4-7H2,1-3H3;8-11,13H,2-7H2,1H3. The quantitative estimate of drug-likeness (QED) is 0.595. The SMILES string of the molecule is CC12CCC(O)C1C1CCCCC12.CC1CC(C)(O)C2C3CCCC3C12C. The van der Waals surface area contributed by atoms with E-state index < -0.39 is 0 Å². The normalized spacial score (nSPS) is 62.9. The summed E-state index contributed by atoms with van der Waals surface area (Å²) >= 11 is 0. The van der Waals surface area contributed by atoms with Crippen LogP contribution in [-0.2, 0) is 0 Å². The van der Waals surface area contributed by atoms with Crippen LogP contribution in [0.1, 0.15) is 91.9 Å². The second kappa shape index (κ2) is 5.97. The minimum atomic E-state index is -0.361. The molecule has 6 saturated carbocycles. The molecule has 0 radical (unpaired) electrons. The summed E-state index contributed by atoms with van der Waals surface area (Å²) in [5.41, 5.74) is 0.662. The minimum absolute atomic E-state index is 0.0457. The first-order valence-electron chi connectivity index (χ1n) is 12.1. The van der Waals surface area contributed by atoms with Crippen molar-refractivity contribution in [3.63, 3.8) is 0 Å². The third kappa shape index (κ3) is 2.32. The van der Waals surface area contributed by atoms with Crippen molar-refractivity contribution in [2.45, 2.75) is 104 Å². The molecule has 2 N–H and O–H groups in total. The lowest BCUT2D eigenvalue weighted by Gasteiger charge is -2.60. The zero-order chi connectivity index (χ0) is 19.2. The molecule has 6 rings (SSSR count). The highest BCUT2D eigenvalue weighted by molar-refractivity contribution is 5.19. The number of aliphatic hydroxyl groups is 2. The zero-order valence-electron chi connectivity index (χ0n) is 18.1. The van der Waals surface area contributed by atoms with Crippen molar-refractivity contribution in [1.82, 2.24) is 0 Å². The molecule has 0 amide bonds. The fourth-order valence-corrected chi connectivity index (χ4v) is 10.2. The molecule has 154 valence electrons. The topological polar surface area (TPSA) is 40.5 Å². The Morgan fingerprint density at radius 2 is 1.48 bits per heavy atom. The van der Waals surface area contributed by atoms with E-state index in [4.69, 9.17) is 0 Å². The van der Waals surface area contributed by atoms with Gasteiger partial charge in [0.05, 0.1) is 11.7 Å². The molecule has 0 saturated heterocycles. The molecule has 0 aromatic rings. The minimum Gasteiger partial charge on any atom is -0.393 e. The van der Waals surface area contributed by atoms with Crippen LogP contribution in [0.5, 0.6) is 0 Å². The third-order valence-electron chi connectivity index (χ3n) is 11.2. The van der Waals surface area contributed by atoms with Crippen LogP contribution < -0.4 is 0 Å². The highest BCUT2D eigenvalue weighted by Gasteiger charge is 2.71. The van der Waals surface area contributed by atoms with Crippen LogP contribution in [-0.4, -0.2) is 21.9 Å².